The van der Waals surface area contributed by atoms with E-state index in [-0.39, 0.29) is 28.3 Å². The first-order valence-electron chi connectivity index (χ1n) is 11.2. The smallest absolute Gasteiger partial charge is 0.283 e. The third kappa shape index (κ3) is 3.82. The van der Waals surface area contributed by atoms with Gasteiger partial charge in [-0.3, -0.25) is 29.0 Å². The van der Waals surface area contributed by atoms with Gasteiger partial charge in [0.05, 0.1) is 27.2 Å². The molecule has 0 saturated heterocycles. The number of fused-ring (bicyclic) bond motifs is 1. The molecule has 0 aliphatic rings. The van der Waals surface area contributed by atoms with Crippen molar-refractivity contribution in [3.63, 3.8) is 0 Å². The zero-order valence-electron chi connectivity index (χ0n) is 19.5. The topological polar surface area (TPSA) is 105 Å². The van der Waals surface area contributed by atoms with E-state index in [2.05, 4.69) is 4.98 Å². The summed E-state index contributed by atoms with van der Waals surface area (Å²) < 4.78 is 4.51. The van der Waals surface area contributed by atoms with Gasteiger partial charge in [-0.15, -0.1) is 0 Å². The normalized spacial score (nSPS) is 11.4. The summed E-state index contributed by atoms with van der Waals surface area (Å²) in [6, 6.07) is 22.2. The fraction of sp³-hybridized carbons (Fsp3) is 0.0741. The predicted octanol–water partition coefficient (Wildman–Crippen LogP) is 4.26. The molecule has 0 bridgehead atoms. The van der Waals surface area contributed by atoms with E-state index in [1.807, 2.05) is 30.3 Å². The van der Waals surface area contributed by atoms with Crippen LogP contribution in [0.1, 0.15) is 17.1 Å². The average Bonchev–Trinajstić information content (AvgIpc) is 3.11. The standard InChI is InChI=1S/C27H21N5O4/c1-18-25(27(34)31(29(18)2)20-10-4-3-5-11-20)30-24(28-23-14-7-6-13-22(23)26(30)33)16-15-19-9-8-12-21(17-19)32(35)36/h3-17H,1-2H3. The number of para-hydroxylation sites is 2. The molecular weight excluding hydrogens is 458 g/mol. The van der Waals surface area contributed by atoms with Crippen LogP contribution >= 0.6 is 0 Å². The Labute approximate surface area is 204 Å². The second-order valence-corrected chi connectivity index (χ2v) is 8.22. The minimum absolute atomic E-state index is 0.0503. The predicted molar refractivity (Wildman–Crippen MR) is 139 cm³/mol. The molecule has 0 unspecified atom stereocenters. The summed E-state index contributed by atoms with van der Waals surface area (Å²) in [5.74, 6) is 0.233. The molecule has 0 radical (unpaired) electrons. The Hall–Kier alpha value is -5.05. The Morgan fingerprint density at radius 2 is 1.61 bits per heavy atom. The minimum atomic E-state index is -0.471. The van der Waals surface area contributed by atoms with Crippen molar-refractivity contribution in [2.75, 3.05) is 0 Å². The summed E-state index contributed by atoms with van der Waals surface area (Å²) in [4.78, 5) is 42.8. The first kappa shape index (κ1) is 22.7. The zero-order chi connectivity index (χ0) is 25.4. The molecule has 0 saturated carbocycles. The number of nitro benzene ring substituents is 1. The van der Waals surface area contributed by atoms with E-state index >= 15 is 0 Å². The van der Waals surface area contributed by atoms with Gasteiger partial charge in [-0.05, 0) is 42.8 Å². The summed E-state index contributed by atoms with van der Waals surface area (Å²) in [5, 5.41) is 11.5. The molecule has 9 heteroatoms. The van der Waals surface area contributed by atoms with Crippen LogP contribution in [0.3, 0.4) is 0 Å². The van der Waals surface area contributed by atoms with Crippen LogP contribution in [0.4, 0.5) is 5.69 Å². The van der Waals surface area contributed by atoms with Gasteiger partial charge in [-0.1, -0.05) is 48.5 Å². The summed E-state index contributed by atoms with van der Waals surface area (Å²) in [6.45, 7) is 1.77. The van der Waals surface area contributed by atoms with E-state index in [0.29, 0.717) is 27.8 Å². The van der Waals surface area contributed by atoms with Crippen LogP contribution in [0.5, 0.6) is 0 Å². The second-order valence-electron chi connectivity index (χ2n) is 8.22. The lowest BCUT2D eigenvalue weighted by molar-refractivity contribution is -0.384. The molecule has 5 aromatic rings. The van der Waals surface area contributed by atoms with E-state index in [1.165, 1.54) is 21.4 Å². The first-order valence-corrected chi connectivity index (χ1v) is 11.2. The van der Waals surface area contributed by atoms with Gasteiger partial charge >= 0.3 is 0 Å². The molecule has 2 aromatic heterocycles. The third-order valence-electron chi connectivity index (χ3n) is 6.05. The van der Waals surface area contributed by atoms with Crippen molar-refractivity contribution in [3.05, 3.63) is 127 Å². The molecule has 5 rings (SSSR count). The largest absolute Gasteiger partial charge is 0.296 e. The Morgan fingerprint density at radius 3 is 2.36 bits per heavy atom. The van der Waals surface area contributed by atoms with Crippen molar-refractivity contribution >= 4 is 28.7 Å². The van der Waals surface area contributed by atoms with Gasteiger partial charge in [-0.2, -0.15) is 0 Å². The van der Waals surface area contributed by atoms with E-state index in [0.717, 1.165) is 0 Å². The summed E-state index contributed by atoms with van der Waals surface area (Å²) in [6.07, 6.45) is 3.22. The fourth-order valence-corrected chi connectivity index (χ4v) is 4.20. The van der Waals surface area contributed by atoms with Crippen molar-refractivity contribution in [3.8, 4) is 11.4 Å². The van der Waals surface area contributed by atoms with Crippen LogP contribution in [0.25, 0.3) is 34.4 Å². The molecule has 9 nitrogen and oxygen atoms in total. The maximum atomic E-state index is 13.7. The number of aromatic nitrogens is 4. The number of nitrogens with zero attached hydrogens (tertiary/aromatic N) is 5. The zero-order valence-corrected chi connectivity index (χ0v) is 19.5. The summed E-state index contributed by atoms with van der Waals surface area (Å²) >= 11 is 0. The van der Waals surface area contributed by atoms with Gasteiger partial charge in [0.25, 0.3) is 16.8 Å². The number of hydrogen-bond acceptors (Lipinski definition) is 5. The van der Waals surface area contributed by atoms with Crippen LogP contribution in [-0.2, 0) is 7.05 Å². The molecule has 0 fully saturated rings. The fourth-order valence-electron chi connectivity index (χ4n) is 4.20. The van der Waals surface area contributed by atoms with Crippen molar-refractivity contribution in [1.29, 1.82) is 0 Å². The molecule has 0 spiro atoms. The van der Waals surface area contributed by atoms with Crippen LogP contribution in [0.15, 0.2) is 88.5 Å². The molecule has 0 atom stereocenters. The lowest BCUT2D eigenvalue weighted by atomic mass is 10.2. The maximum absolute atomic E-state index is 13.7. The molecule has 2 heterocycles. The highest BCUT2D eigenvalue weighted by Crippen LogP contribution is 2.19. The quantitative estimate of drug-likeness (QED) is 0.277. The number of hydrogen-bond donors (Lipinski definition) is 0. The van der Waals surface area contributed by atoms with Gasteiger partial charge in [0.15, 0.2) is 0 Å². The number of non-ortho nitro benzene ring substituents is 1. The number of nitro groups is 1. The average molecular weight is 479 g/mol. The van der Waals surface area contributed by atoms with Gasteiger partial charge in [-0.25, -0.2) is 9.67 Å². The Kier molecular flexibility index (Phi) is 5.65. The Morgan fingerprint density at radius 1 is 0.889 bits per heavy atom. The van der Waals surface area contributed by atoms with Gasteiger partial charge in [0, 0.05) is 19.2 Å². The van der Waals surface area contributed by atoms with Crippen LogP contribution < -0.4 is 11.1 Å². The molecule has 36 heavy (non-hydrogen) atoms. The van der Waals surface area contributed by atoms with E-state index in [1.54, 1.807) is 67.2 Å². The van der Waals surface area contributed by atoms with Gasteiger partial charge < -0.3 is 0 Å². The Bertz CT molecular complexity index is 1780. The third-order valence-corrected chi connectivity index (χ3v) is 6.05. The highest BCUT2D eigenvalue weighted by Gasteiger charge is 2.22. The van der Waals surface area contributed by atoms with Crippen LogP contribution in [0.2, 0.25) is 0 Å². The molecule has 0 N–H and O–H groups in total. The SMILES string of the molecule is Cc1c(-n2c(C=Cc3cccc([N+](=O)[O-])c3)nc3ccccc3c2=O)c(=O)n(-c2ccccc2)n1C. The van der Waals surface area contributed by atoms with E-state index in [4.69, 9.17) is 0 Å². The highest BCUT2D eigenvalue weighted by molar-refractivity contribution is 5.80. The minimum Gasteiger partial charge on any atom is -0.283 e. The maximum Gasteiger partial charge on any atom is 0.296 e. The van der Waals surface area contributed by atoms with Gasteiger partial charge in [0.2, 0.25) is 0 Å². The van der Waals surface area contributed by atoms with Crippen molar-refractivity contribution in [2.24, 2.45) is 7.05 Å². The number of benzene rings is 3. The molecular formula is C27H21N5O4. The van der Waals surface area contributed by atoms with Crippen molar-refractivity contribution in [2.45, 2.75) is 6.92 Å². The highest BCUT2D eigenvalue weighted by atomic mass is 16.6. The number of rotatable bonds is 5. The molecule has 0 aliphatic carbocycles. The lowest BCUT2D eigenvalue weighted by Gasteiger charge is -2.10. The van der Waals surface area contributed by atoms with E-state index < -0.39 is 4.92 Å². The lowest BCUT2D eigenvalue weighted by Crippen LogP contribution is -2.28. The molecule has 0 aliphatic heterocycles. The molecule has 0 amide bonds. The molecule has 3 aromatic carbocycles. The van der Waals surface area contributed by atoms with E-state index in [9.17, 15) is 19.7 Å². The Balaban J connectivity index is 1.78. The second kappa shape index (κ2) is 8.95. The molecule has 178 valence electrons. The van der Waals surface area contributed by atoms with Crippen LogP contribution in [-0.4, -0.2) is 23.8 Å². The monoisotopic (exact) mass is 479 g/mol. The van der Waals surface area contributed by atoms with Gasteiger partial charge in [0.1, 0.15) is 11.5 Å². The van der Waals surface area contributed by atoms with Crippen LogP contribution in [0, 0.1) is 17.0 Å². The summed E-state index contributed by atoms with van der Waals surface area (Å²) in [7, 11) is 1.76. The van der Waals surface area contributed by atoms with Crippen molar-refractivity contribution in [1.82, 2.24) is 18.9 Å². The first-order chi connectivity index (χ1) is 17.4. The summed E-state index contributed by atoms with van der Waals surface area (Å²) in [5.41, 5.74) is 1.66. The van der Waals surface area contributed by atoms with Crippen molar-refractivity contribution < 1.29 is 4.92 Å².